The van der Waals surface area contributed by atoms with Crippen molar-refractivity contribution in [3.63, 3.8) is 0 Å². The summed E-state index contributed by atoms with van der Waals surface area (Å²) in [4.78, 5) is 6.92. The minimum absolute atomic E-state index is 0. The molecule has 0 atom stereocenters. The van der Waals surface area contributed by atoms with E-state index in [0.29, 0.717) is 31.8 Å². The second kappa shape index (κ2) is 14.8. The standard InChI is InChI=1S/C20H40N4O3S.HI/c1-3-21-20(22-12-16-27-19-8-6-4-5-7-9-19)23-18-10-13-24(14-11-18)15-17-28(2,25)26;/h18-19H,3-17H2,1-2H3,(H2,21,22,23);1H. The quantitative estimate of drug-likeness (QED) is 0.153. The van der Waals surface area contributed by atoms with Crippen LogP contribution in [-0.2, 0) is 14.6 Å². The summed E-state index contributed by atoms with van der Waals surface area (Å²) in [7, 11) is -2.88. The Hall–Kier alpha value is -0.130. The van der Waals surface area contributed by atoms with Gasteiger partial charge in [0.25, 0.3) is 0 Å². The number of ether oxygens (including phenoxy) is 1. The van der Waals surface area contributed by atoms with Crippen LogP contribution in [0.4, 0.5) is 0 Å². The summed E-state index contributed by atoms with van der Waals surface area (Å²) in [6.07, 6.45) is 11.4. The Morgan fingerprint density at radius 3 is 2.34 bits per heavy atom. The molecule has 0 aromatic heterocycles. The van der Waals surface area contributed by atoms with E-state index in [0.717, 1.165) is 38.4 Å². The Balaban J connectivity index is 0.00000420. The molecule has 0 spiro atoms. The molecule has 29 heavy (non-hydrogen) atoms. The molecule has 0 aromatic carbocycles. The van der Waals surface area contributed by atoms with Gasteiger partial charge in [0.05, 0.1) is 25.0 Å². The van der Waals surface area contributed by atoms with Crippen LogP contribution < -0.4 is 10.6 Å². The first-order chi connectivity index (χ1) is 13.5. The highest BCUT2D eigenvalue weighted by Gasteiger charge is 2.20. The van der Waals surface area contributed by atoms with Crippen molar-refractivity contribution in [2.45, 2.75) is 70.4 Å². The maximum absolute atomic E-state index is 11.3. The number of sulfone groups is 1. The number of hydrogen-bond donors (Lipinski definition) is 2. The number of aliphatic imine (C=N–C) groups is 1. The molecule has 2 N–H and O–H groups in total. The van der Waals surface area contributed by atoms with Crippen LogP contribution in [0, 0.1) is 0 Å². The predicted molar refractivity (Wildman–Crippen MR) is 131 cm³/mol. The van der Waals surface area contributed by atoms with E-state index in [4.69, 9.17) is 4.74 Å². The van der Waals surface area contributed by atoms with E-state index in [2.05, 4.69) is 27.4 Å². The van der Waals surface area contributed by atoms with E-state index in [1.807, 2.05) is 0 Å². The number of piperidine rings is 1. The lowest BCUT2D eigenvalue weighted by atomic mass is 10.1. The zero-order valence-corrected chi connectivity index (χ0v) is 21.3. The van der Waals surface area contributed by atoms with Crippen molar-refractivity contribution in [1.82, 2.24) is 15.5 Å². The van der Waals surface area contributed by atoms with Gasteiger partial charge >= 0.3 is 0 Å². The lowest BCUT2D eigenvalue weighted by Gasteiger charge is -2.32. The largest absolute Gasteiger partial charge is 0.376 e. The van der Waals surface area contributed by atoms with E-state index in [-0.39, 0.29) is 29.7 Å². The fourth-order valence-corrected chi connectivity index (χ4v) is 4.48. The van der Waals surface area contributed by atoms with Crippen molar-refractivity contribution in [3.8, 4) is 0 Å². The molecule has 1 aliphatic carbocycles. The minimum Gasteiger partial charge on any atom is -0.376 e. The number of nitrogens with one attached hydrogen (secondary N) is 2. The fraction of sp³-hybridized carbons (Fsp3) is 0.950. The lowest BCUT2D eigenvalue weighted by molar-refractivity contribution is 0.0487. The van der Waals surface area contributed by atoms with E-state index in [9.17, 15) is 8.42 Å². The van der Waals surface area contributed by atoms with Crippen molar-refractivity contribution in [2.24, 2.45) is 4.99 Å². The van der Waals surface area contributed by atoms with Gasteiger partial charge in [-0.2, -0.15) is 0 Å². The van der Waals surface area contributed by atoms with E-state index >= 15 is 0 Å². The zero-order chi connectivity index (χ0) is 20.2. The second-order valence-corrected chi connectivity index (χ2v) is 10.4. The van der Waals surface area contributed by atoms with Crippen LogP contribution in [-0.4, -0.2) is 82.8 Å². The molecule has 0 aromatic rings. The Morgan fingerprint density at radius 2 is 1.76 bits per heavy atom. The van der Waals surface area contributed by atoms with Crippen LogP contribution in [0.1, 0.15) is 58.3 Å². The van der Waals surface area contributed by atoms with Gasteiger partial charge in [-0.25, -0.2) is 8.42 Å². The molecule has 0 bridgehead atoms. The van der Waals surface area contributed by atoms with Crippen molar-refractivity contribution in [2.75, 3.05) is 51.3 Å². The Bertz CT molecular complexity index is 558. The van der Waals surface area contributed by atoms with Crippen molar-refractivity contribution >= 4 is 39.8 Å². The predicted octanol–water partition coefficient (Wildman–Crippen LogP) is 2.41. The van der Waals surface area contributed by atoms with Crippen molar-refractivity contribution < 1.29 is 13.2 Å². The SMILES string of the molecule is CCNC(=NCCOC1CCCCCC1)NC1CCN(CCS(C)(=O)=O)CC1.I. The van der Waals surface area contributed by atoms with Gasteiger partial charge < -0.3 is 20.3 Å². The zero-order valence-electron chi connectivity index (χ0n) is 18.2. The molecule has 0 amide bonds. The molecule has 2 aliphatic rings. The third-order valence-corrected chi connectivity index (χ3v) is 6.49. The van der Waals surface area contributed by atoms with Gasteiger partial charge in [0.2, 0.25) is 0 Å². The third-order valence-electron chi connectivity index (χ3n) is 5.57. The molecule has 2 fully saturated rings. The van der Waals surface area contributed by atoms with Gasteiger partial charge in [0.1, 0.15) is 9.84 Å². The first-order valence-corrected chi connectivity index (χ1v) is 13.1. The number of rotatable bonds is 9. The summed E-state index contributed by atoms with van der Waals surface area (Å²) in [6, 6.07) is 0.384. The molecule has 9 heteroatoms. The molecular formula is C20H41IN4O3S. The van der Waals surface area contributed by atoms with E-state index in [1.165, 1.54) is 44.8 Å². The number of hydrogen-bond acceptors (Lipinski definition) is 5. The van der Waals surface area contributed by atoms with Gasteiger partial charge in [-0.15, -0.1) is 24.0 Å². The smallest absolute Gasteiger partial charge is 0.191 e. The molecule has 172 valence electrons. The number of halogens is 1. The summed E-state index contributed by atoms with van der Waals surface area (Å²) in [5.41, 5.74) is 0. The molecule has 7 nitrogen and oxygen atoms in total. The van der Waals surface area contributed by atoms with Crippen molar-refractivity contribution in [1.29, 1.82) is 0 Å². The third kappa shape index (κ3) is 12.3. The van der Waals surface area contributed by atoms with Gasteiger partial charge in [-0.3, -0.25) is 4.99 Å². The highest BCUT2D eigenvalue weighted by Crippen LogP contribution is 2.19. The first kappa shape index (κ1) is 26.9. The number of likely N-dealkylation sites (tertiary alicyclic amines) is 1. The Kier molecular flexibility index (Phi) is 13.7. The summed E-state index contributed by atoms with van der Waals surface area (Å²) >= 11 is 0. The molecule has 0 radical (unpaired) electrons. The first-order valence-electron chi connectivity index (χ1n) is 11.0. The topological polar surface area (TPSA) is 83.0 Å². The summed E-state index contributed by atoms with van der Waals surface area (Å²) in [6.45, 7) is 6.77. The lowest BCUT2D eigenvalue weighted by Crippen LogP contribution is -2.49. The molecule has 2 rings (SSSR count). The van der Waals surface area contributed by atoms with Crippen LogP contribution in [0.3, 0.4) is 0 Å². The fourth-order valence-electron chi connectivity index (χ4n) is 3.89. The summed E-state index contributed by atoms with van der Waals surface area (Å²) in [5, 5.41) is 6.86. The Labute approximate surface area is 194 Å². The average Bonchev–Trinajstić information content (AvgIpc) is 2.93. The highest BCUT2D eigenvalue weighted by atomic mass is 127. The number of nitrogens with zero attached hydrogens (tertiary/aromatic N) is 2. The molecule has 0 unspecified atom stereocenters. The summed E-state index contributed by atoms with van der Waals surface area (Å²) < 4.78 is 28.7. The van der Waals surface area contributed by atoms with Gasteiger partial charge in [0.15, 0.2) is 5.96 Å². The minimum atomic E-state index is -2.88. The van der Waals surface area contributed by atoms with Crippen LogP contribution in [0.2, 0.25) is 0 Å². The number of guanidine groups is 1. The molecular weight excluding hydrogens is 503 g/mol. The van der Waals surface area contributed by atoms with E-state index in [1.54, 1.807) is 0 Å². The van der Waals surface area contributed by atoms with E-state index < -0.39 is 9.84 Å². The molecule has 1 aliphatic heterocycles. The van der Waals surface area contributed by atoms with Gasteiger partial charge in [0, 0.05) is 38.5 Å². The normalized spacial score (nSPS) is 20.7. The maximum atomic E-state index is 11.3. The van der Waals surface area contributed by atoms with Gasteiger partial charge in [-0.1, -0.05) is 25.7 Å². The van der Waals surface area contributed by atoms with Gasteiger partial charge in [-0.05, 0) is 32.6 Å². The molecule has 1 saturated carbocycles. The molecule has 1 heterocycles. The van der Waals surface area contributed by atoms with Crippen molar-refractivity contribution in [3.05, 3.63) is 0 Å². The highest BCUT2D eigenvalue weighted by molar-refractivity contribution is 14.0. The van der Waals surface area contributed by atoms with Crippen LogP contribution in [0.5, 0.6) is 0 Å². The Morgan fingerprint density at radius 1 is 1.10 bits per heavy atom. The molecule has 1 saturated heterocycles. The van der Waals surface area contributed by atoms with Crippen LogP contribution in [0.25, 0.3) is 0 Å². The van der Waals surface area contributed by atoms with Crippen LogP contribution >= 0.6 is 24.0 Å². The second-order valence-electron chi connectivity index (χ2n) is 8.14. The van der Waals surface area contributed by atoms with Crippen LogP contribution in [0.15, 0.2) is 4.99 Å². The monoisotopic (exact) mass is 544 g/mol. The maximum Gasteiger partial charge on any atom is 0.191 e. The average molecular weight is 545 g/mol. The summed E-state index contributed by atoms with van der Waals surface area (Å²) in [5.74, 6) is 1.11.